The van der Waals surface area contributed by atoms with E-state index in [2.05, 4.69) is 514 Å². The molecule has 1 aliphatic rings. The quantitative estimate of drug-likeness (QED) is 0.138. The molecule has 0 amide bonds. The Morgan fingerprint density at radius 2 is 0.431 bits per heavy atom. The van der Waals surface area contributed by atoms with Crippen LogP contribution in [0.5, 0.6) is 0 Å². The van der Waals surface area contributed by atoms with E-state index >= 15 is 0 Å². The predicted octanol–water partition coefficient (Wildman–Crippen LogP) is 35.7. The molecule has 6 nitrogen and oxygen atoms in total. The maximum atomic E-state index is 2.48. The van der Waals surface area contributed by atoms with Crippen LogP contribution < -0.4 is 0 Å². The lowest BCUT2D eigenvalue weighted by atomic mass is 9.82. The molecule has 0 spiro atoms. The second kappa shape index (κ2) is 31.0. The van der Waals surface area contributed by atoms with E-state index in [-0.39, 0.29) is 5.41 Å². The molecule has 137 heavy (non-hydrogen) atoms. The van der Waals surface area contributed by atoms with Gasteiger partial charge in [0.25, 0.3) is 0 Å². The lowest BCUT2D eigenvalue weighted by Crippen LogP contribution is -2.14. The fourth-order valence-electron chi connectivity index (χ4n) is 22.8. The third kappa shape index (κ3) is 12.3. The third-order valence-corrected chi connectivity index (χ3v) is 31.4. The minimum Gasteiger partial charge on any atom is -0.309 e. The summed E-state index contributed by atoms with van der Waals surface area (Å²) in [5, 5.41) is 20.6. The van der Waals surface area contributed by atoms with Gasteiger partial charge in [-0.1, -0.05) is 293 Å². The molecule has 1 aliphatic carbocycles. The van der Waals surface area contributed by atoms with E-state index in [0.717, 1.165) is 0 Å². The normalized spacial score (nSPS) is 12.5. The molecule has 21 aromatic carbocycles. The van der Waals surface area contributed by atoms with Gasteiger partial charge in [0.2, 0.25) is 0 Å². The van der Waals surface area contributed by atoms with Crippen LogP contribution in [0.4, 0.5) is 0 Å². The summed E-state index contributed by atoms with van der Waals surface area (Å²) in [7, 11) is 0. The van der Waals surface area contributed by atoms with E-state index in [1.165, 1.54) is 261 Å². The first-order chi connectivity index (χ1) is 67.7. The number of fused-ring (bicyclic) bond motifs is 27. The zero-order valence-corrected chi connectivity index (χ0v) is 76.7. The molecule has 0 bridgehead atoms. The number of nitrogens with zero attached hydrogens (tertiary/aromatic N) is 6. The Bertz CT molecular complexity index is 9900. The molecule has 30 rings (SSSR count). The summed E-state index contributed by atoms with van der Waals surface area (Å²) in [6, 6.07) is 173. The van der Waals surface area contributed by atoms with Crippen molar-refractivity contribution in [3.05, 3.63) is 484 Å². The molecule has 642 valence electrons. The molecule has 8 aromatic heterocycles. The monoisotopic (exact) mass is 1780 g/mol. The van der Waals surface area contributed by atoms with E-state index < -0.39 is 0 Å². The van der Waals surface area contributed by atoms with E-state index in [1.54, 1.807) is 0 Å². The van der Waals surface area contributed by atoms with Crippen LogP contribution in [0.25, 0.3) is 250 Å². The van der Waals surface area contributed by atoms with Crippen LogP contribution in [0.3, 0.4) is 0 Å². The van der Waals surface area contributed by atoms with Crippen molar-refractivity contribution in [1.82, 2.24) is 27.4 Å². The number of hydrogen-bond donors (Lipinski definition) is 0. The molecule has 29 aromatic rings. The average Bonchev–Trinajstić information content (AvgIpc) is 1.53. The maximum absolute atomic E-state index is 2.48. The SMILES string of the molecule is CC1(C)c2ccccc2-c2cc3c4cc(-c5ccc(-n6c7ccccc7c7ccccc76)cc5)ccc4n(-c4cccc(-c5ccccc5)c4)c3cc21.c1ccc(-n2c3ccc(-n4c5ccccc5c5ccccc54)cc3c3cc4c(cc32)sc2ccccc24)cc1.c1ccc(-n2c3ccccc3c3cc(-c4ccc5c(c4)c4cc6c(cc4n5-c4ccccc4)sc4ccccc46)ccc32)cc1. The van der Waals surface area contributed by atoms with E-state index in [4.69, 9.17) is 0 Å². The highest BCUT2D eigenvalue weighted by Gasteiger charge is 2.37. The topological polar surface area (TPSA) is 29.6 Å². The van der Waals surface area contributed by atoms with Gasteiger partial charge in [-0.3, -0.25) is 0 Å². The lowest BCUT2D eigenvalue weighted by Gasteiger charge is -2.21. The average molecular weight is 1780 g/mol. The number of hydrogen-bond acceptors (Lipinski definition) is 2. The van der Waals surface area contributed by atoms with Crippen molar-refractivity contribution in [2.75, 3.05) is 0 Å². The fraction of sp³-hybridized carbons (Fsp3) is 0.0233. The first kappa shape index (κ1) is 78.5. The Balaban J connectivity index is 0.000000103. The maximum Gasteiger partial charge on any atom is 0.0555 e. The van der Waals surface area contributed by atoms with Crippen LogP contribution in [0.15, 0.2) is 473 Å². The Morgan fingerprint density at radius 1 is 0.146 bits per heavy atom. The van der Waals surface area contributed by atoms with Gasteiger partial charge in [0.15, 0.2) is 0 Å². The predicted molar refractivity (Wildman–Crippen MR) is 585 cm³/mol. The van der Waals surface area contributed by atoms with Gasteiger partial charge >= 0.3 is 0 Å². The van der Waals surface area contributed by atoms with Crippen LogP contribution in [-0.4, -0.2) is 27.4 Å². The molecule has 0 saturated heterocycles. The van der Waals surface area contributed by atoms with Crippen LogP contribution in [-0.2, 0) is 5.41 Å². The first-order valence-corrected chi connectivity index (χ1v) is 48.8. The van der Waals surface area contributed by atoms with Crippen LogP contribution in [0, 0.1) is 0 Å². The molecule has 8 heterocycles. The molecule has 0 saturated carbocycles. The van der Waals surface area contributed by atoms with Gasteiger partial charge in [-0.15, -0.1) is 22.7 Å². The number of rotatable bonds is 9. The van der Waals surface area contributed by atoms with Crippen molar-refractivity contribution in [1.29, 1.82) is 0 Å². The third-order valence-electron chi connectivity index (χ3n) is 29.1. The number of thiophene rings is 2. The molecular formula is C129H84N6S2. The minimum absolute atomic E-state index is 0.0867. The zero-order chi connectivity index (χ0) is 90.2. The van der Waals surface area contributed by atoms with Gasteiger partial charge in [-0.05, 0) is 250 Å². The van der Waals surface area contributed by atoms with Gasteiger partial charge in [0.1, 0.15) is 0 Å². The van der Waals surface area contributed by atoms with E-state index in [1.807, 2.05) is 22.7 Å². The lowest BCUT2D eigenvalue weighted by molar-refractivity contribution is 0.661. The summed E-state index contributed by atoms with van der Waals surface area (Å²) >= 11 is 3.75. The summed E-state index contributed by atoms with van der Waals surface area (Å²) in [5.74, 6) is 0. The van der Waals surface area contributed by atoms with E-state index in [9.17, 15) is 0 Å². The molecule has 0 atom stereocenters. The Morgan fingerprint density at radius 3 is 0.912 bits per heavy atom. The van der Waals surface area contributed by atoms with E-state index in [0.29, 0.717) is 0 Å². The zero-order valence-electron chi connectivity index (χ0n) is 75.0. The Kier molecular flexibility index (Phi) is 17.8. The van der Waals surface area contributed by atoms with Gasteiger partial charge in [0, 0.05) is 145 Å². The molecular weight excluding hydrogens is 1700 g/mol. The highest BCUT2D eigenvalue weighted by atomic mass is 32.1. The summed E-state index contributed by atoms with van der Waals surface area (Å²) < 4.78 is 19.8. The van der Waals surface area contributed by atoms with Gasteiger partial charge in [0.05, 0.1) is 66.2 Å². The van der Waals surface area contributed by atoms with Crippen LogP contribution in [0.2, 0.25) is 0 Å². The highest BCUT2D eigenvalue weighted by Crippen LogP contribution is 2.53. The van der Waals surface area contributed by atoms with Crippen LogP contribution >= 0.6 is 22.7 Å². The minimum atomic E-state index is -0.0867. The van der Waals surface area contributed by atoms with Crippen molar-refractivity contribution in [2.45, 2.75) is 19.3 Å². The molecule has 0 fully saturated rings. The largest absolute Gasteiger partial charge is 0.309 e. The number of para-hydroxylation sites is 8. The highest BCUT2D eigenvalue weighted by molar-refractivity contribution is 7.26. The van der Waals surface area contributed by atoms with Crippen molar-refractivity contribution < 1.29 is 0 Å². The molecule has 0 aliphatic heterocycles. The van der Waals surface area contributed by atoms with Crippen LogP contribution in [0.1, 0.15) is 25.0 Å². The standard InChI is InChI=1S/C51H36N2.C42H26N2S.C36H22N2S/c1-51(2)45-20-9-6-17-39(45)42-31-44-43-30-36(34-23-26-37(27-24-34)52-47-21-10-7-18-40(47)41-19-8-11-22-48(41)52)25-28-49(43)53(50(44)32-46(42)51)38-16-12-15-35(29-38)33-13-4-3-5-14-33;1-3-11-29(12-4-1)43-37-17-9-7-15-31(37)33-23-27(19-21-38(33)43)28-20-22-39-34(24-28)35-25-36-32-16-8-10-18-41(32)45-42(36)26-40(35)44(39)30-13-5-2-6-14-30;1-2-10-23(11-3-1)37-33-19-18-24(38-31-15-7-4-12-25(31)26-13-5-8-16-32(26)38)20-28(33)29-21-30-27-14-6-9-17-35(27)39-36(30)22-34(29)37/h3-32H,1-2H3;1-26H;1-22H. The van der Waals surface area contributed by atoms with Crippen molar-refractivity contribution in [2.24, 2.45) is 0 Å². The first-order valence-electron chi connectivity index (χ1n) is 47.2. The number of benzene rings is 21. The van der Waals surface area contributed by atoms with Gasteiger partial charge in [-0.25, -0.2) is 0 Å². The van der Waals surface area contributed by atoms with Gasteiger partial charge in [-0.2, -0.15) is 0 Å². The van der Waals surface area contributed by atoms with Crippen molar-refractivity contribution in [3.63, 3.8) is 0 Å². The summed E-state index contributed by atoms with van der Waals surface area (Å²) in [6.45, 7) is 4.74. The molecule has 0 unspecified atom stereocenters. The second-order valence-electron chi connectivity index (χ2n) is 37.0. The molecule has 0 radical (unpaired) electrons. The number of aromatic nitrogens is 6. The molecule has 0 N–H and O–H groups in total. The van der Waals surface area contributed by atoms with Gasteiger partial charge < -0.3 is 27.4 Å². The Hall–Kier alpha value is -17.1. The Labute approximate surface area is 797 Å². The van der Waals surface area contributed by atoms with Crippen molar-refractivity contribution >= 4 is 194 Å². The summed E-state index contributed by atoms with van der Waals surface area (Å²) in [4.78, 5) is 0. The summed E-state index contributed by atoms with van der Waals surface area (Å²) in [6.07, 6.45) is 0. The summed E-state index contributed by atoms with van der Waals surface area (Å²) in [5.41, 5.74) is 34.5. The smallest absolute Gasteiger partial charge is 0.0555 e. The second-order valence-corrected chi connectivity index (χ2v) is 39.1. The molecule has 8 heteroatoms. The fourth-order valence-corrected chi connectivity index (χ4v) is 25.1. The van der Waals surface area contributed by atoms with Crippen molar-refractivity contribution in [3.8, 4) is 78.6 Å².